The summed E-state index contributed by atoms with van der Waals surface area (Å²) in [5.74, 6) is 0.137. The molecule has 0 rings (SSSR count). The second kappa shape index (κ2) is 11.9. The van der Waals surface area contributed by atoms with Crippen LogP contribution in [0, 0.1) is 5.92 Å². The largest absolute Gasteiger partial charge is 0.481 e. The highest BCUT2D eigenvalue weighted by Crippen LogP contribution is 2.11. The van der Waals surface area contributed by atoms with E-state index in [1.54, 1.807) is 0 Å². The van der Waals surface area contributed by atoms with Gasteiger partial charge in [0.05, 0.1) is 0 Å². The Morgan fingerprint density at radius 2 is 1.94 bits per heavy atom. The maximum Gasteiger partial charge on any atom is 0.303 e. The molecular weight excluding hydrogens is 214 g/mol. The Kier molecular flexibility index (Phi) is 11.5. The molecule has 1 unspecified atom stereocenters. The Bertz CT molecular complexity index is 183. The number of unbranched alkanes of at least 4 members (excludes halogenated alkanes) is 3. The Balaban J connectivity index is 3.27. The van der Waals surface area contributed by atoms with Gasteiger partial charge in [-0.15, -0.1) is 0 Å². The summed E-state index contributed by atoms with van der Waals surface area (Å²) in [6.45, 7) is 6.65. The zero-order valence-electron chi connectivity index (χ0n) is 11.5. The van der Waals surface area contributed by atoms with Crippen LogP contribution in [0.2, 0.25) is 0 Å². The van der Waals surface area contributed by atoms with Crippen LogP contribution in [0.4, 0.5) is 0 Å². The van der Waals surface area contributed by atoms with Gasteiger partial charge in [-0.3, -0.25) is 4.79 Å². The number of carboxylic acids is 1. The van der Waals surface area contributed by atoms with Crippen LogP contribution in [0.25, 0.3) is 0 Å². The lowest BCUT2D eigenvalue weighted by atomic mass is 9.99. The maximum atomic E-state index is 10.3. The van der Waals surface area contributed by atoms with E-state index < -0.39 is 5.97 Å². The molecule has 17 heavy (non-hydrogen) atoms. The average molecular weight is 243 g/mol. The van der Waals surface area contributed by atoms with E-state index in [2.05, 4.69) is 19.2 Å². The first-order chi connectivity index (χ1) is 8.20. The fraction of sp³-hybridized carbons (Fsp3) is 0.929. The number of aliphatic carboxylic acids is 1. The van der Waals surface area contributed by atoms with Gasteiger partial charge in [-0.25, -0.2) is 0 Å². The van der Waals surface area contributed by atoms with E-state index in [-0.39, 0.29) is 0 Å². The summed E-state index contributed by atoms with van der Waals surface area (Å²) in [5.41, 5.74) is 0. The first-order valence-electron chi connectivity index (χ1n) is 7.13. The smallest absolute Gasteiger partial charge is 0.303 e. The molecule has 0 aliphatic rings. The molecule has 0 amide bonds. The van der Waals surface area contributed by atoms with Gasteiger partial charge in [-0.2, -0.15) is 0 Å². The SMILES string of the molecule is CCCCC(CC)CNCCCCCC(=O)O. The topological polar surface area (TPSA) is 49.3 Å². The van der Waals surface area contributed by atoms with Crippen molar-refractivity contribution in [3.05, 3.63) is 0 Å². The van der Waals surface area contributed by atoms with Crippen LogP contribution in [0.3, 0.4) is 0 Å². The van der Waals surface area contributed by atoms with Crippen molar-refractivity contribution in [2.24, 2.45) is 5.92 Å². The lowest BCUT2D eigenvalue weighted by Crippen LogP contribution is -2.23. The number of hydrogen-bond donors (Lipinski definition) is 2. The molecule has 0 aromatic rings. The van der Waals surface area contributed by atoms with Crippen LogP contribution >= 0.6 is 0 Å². The highest BCUT2D eigenvalue weighted by molar-refractivity contribution is 5.66. The van der Waals surface area contributed by atoms with Crippen molar-refractivity contribution in [1.82, 2.24) is 5.32 Å². The minimum atomic E-state index is -0.677. The van der Waals surface area contributed by atoms with Gasteiger partial charge in [0.2, 0.25) is 0 Å². The fourth-order valence-corrected chi connectivity index (χ4v) is 1.95. The normalized spacial score (nSPS) is 12.6. The lowest BCUT2D eigenvalue weighted by Gasteiger charge is -2.15. The van der Waals surface area contributed by atoms with E-state index in [0.717, 1.165) is 38.3 Å². The molecule has 0 spiro atoms. The van der Waals surface area contributed by atoms with Crippen molar-refractivity contribution in [3.63, 3.8) is 0 Å². The third-order valence-corrected chi connectivity index (χ3v) is 3.22. The highest BCUT2D eigenvalue weighted by atomic mass is 16.4. The van der Waals surface area contributed by atoms with Gasteiger partial charge in [0.1, 0.15) is 0 Å². The van der Waals surface area contributed by atoms with Crippen LogP contribution in [0.1, 0.15) is 65.2 Å². The van der Waals surface area contributed by atoms with Crippen molar-refractivity contribution in [2.45, 2.75) is 65.2 Å². The quantitative estimate of drug-likeness (QED) is 0.516. The number of carboxylic acid groups (broad SMARTS) is 1. The van der Waals surface area contributed by atoms with Crippen LogP contribution < -0.4 is 5.32 Å². The van der Waals surface area contributed by atoms with Crippen LogP contribution in [0.15, 0.2) is 0 Å². The molecule has 102 valence electrons. The van der Waals surface area contributed by atoms with E-state index in [1.165, 1.54) is 25.7 Å². The summed E-state index contributed by atoms with van der Waals surface area (Å²) in [5, 5.41) is 12.0. The highest BCUT2D eigenvalue weighted by Gasteiger charge is 2.04. The Labute approximate surface area is 106 Å². The number of hydrogen-bond acceptors (Lipinski definition) is 2. The summed E-state index contributed by atoms with van der Waals surface area (Å²) >= 11 is 0. The molecule has 0 heterocycles. The van der Waals surface area contributed by atoms with Gasteiger partial charge < -0.3 is 10.4 Å². The van der Waals surface area contributed by atoms with E-state index in [1.807, 2.05) is 0 Å². The molecule has 0 aliphatic carbocycles. The standard InChI is InChI=1S/C14H29NO2/c1-3-5-9-13(4-2)12-15-11-8-6-7-10-14(16)17/h13,15H,3-12H2,1-2H3,(H,16,17). The molecule has 3 nitrogen and oxygen atoms in total. The second-order valence-corrected chi connectivity index (χ2v) is 4.83. The van der Waals surface area contributed by atoms with E-state index in [9.17, 15) is 4.79 Å². The van der Waals surface area contributed by atoms with Gasteiger partial charge in [0.15, 0.2) is 0 Å². The zero-order chi connectivity index (χ0) is 12.9. The number of nitrogens with one attached hydrogen (secondary N) is 1. The fourth-order valence-electron chi connectivity index (χ4n) is 1.95. The van der Waals surface area contributed by atoms with Gasteiger partial charge in [-0.1, -0.05) is 39.5 Å². The summed E-state index contributed by atoms with van der Waals surface area (Å²) in [7, 11) is 0. The van der Waals surface area contributed by atoms with E-state index >= 15 is 0 Å². The molecule has 0 fully saturated rings. The molecule has 0 bridgehead atoms. The first-order valence-corrected chi connectivity index (χ1v) is 7.13. The van der Waals surface area contributed by atoms with Gasteiger partial charge in [0, 0.05) is 6.42 Å². The molecule has 0 aromatic carbocycles. The van der Waals surface area contributed by atoms with Crippen LogP contribution in [0.5, 0.6) is 0 Å². The minimum Gasteiger partial charge on any atom is -0.481 e. The zero-order valence-corrected chi connectivity index (χ0v) is 11.5. The van der Waals surface area contributed by atoms with Crippen LogP contribution in [-0.4, -0.2) is 24.2 Å². The summed E-state index contributed by atoms with van der Waals surface area (Å²) < 4.78 is 0. The average Bonchev–Trinajstić information content (AvgIpc) is 2.31. The van der Waals surface area contributed by atoms with Crippen molar-refractivity contribution < 1.29 is 9.90 Å². The van der Waals surface area contributed by atoms with E-state index in [4.69, 9.17) is 5.11 Å². The summed E-state index contributed by atoms with van der Waals surface area (Å²) in [6.07, 6.45) is 8.44. The molecule has 2 N–H and O–H groups in total. The van der Waals surface area contributed by atoms with Crippen molar-refractivity contribution >= 4 is 5.97 Å². The third kappa shape index (κ3) is 11.7. The molecule has 0 saturated heterocycles. The predicted molar refractivity (Wildman–Crippen MR) is 72.3 cm³/mol. The van der Waals surface area contributed by atoms with Crippen LogP contribution in [-0.2, 0) is 4.79 Å². The first kappa shape index (κ1) is 16.4. The Morgan fingerprint density at radius 3 is 2.53 bits per heavy atom. The minimum absolute atomic E-state index is 0.314. The summed E-state index contributed by atoms with van der Waals surface area (Å²) in [6, 6.07) is 0. The lowest BCUT2D eigenvalue weighted by molar-refractivity contribution is -0.137. The molecule has 1 atom stereocenters. The molecular formula is C14H29NO2. The summed E-state index contributed by atoms with van der Waals surface area (Å²) in [4.78, 5) is 10.3. The van der Waals surface area contributed by atoms with Gasteiger partial charge in [0.25, 0.3) is 0 Å². The van der Waals surface area contributed by atoms with Gasteiger partial charge in [-0.05, 0) is 38.3 Å². The van der Waals surface area contributed by atoms with Crippen molar-refractivity contribution in [1.29, 1.82) is 0 Å². The number of rotatable bonds is 12. The Morgan fingerprint density at radius 1 is 1.18 bits per heavy atom. The maximum absolute atomic E-state index is 10.3. The number of carbonyl (C=O) groups is 1. The molecule has 0 radical (unpaired) electrons. The molecule has 0 saturated carbocycles. The van der Waals surface area contributed by atoms with Crippen molar-refractivity contribution in [3.8, 4) is 0 Å². The van der Waals surface area contributed by atoms with Crippen molar-refractivity contribution in [2.75, 3.05) is 13.1 Å². The third-order valence-electron chi connectivity index (χ3n) is 3.22. The predicted octanol–water partition coefficient (Wildman–Crippen LogP) is 3.44. The van der Waals surface area contributed by atoms with E-state index in [0.29, 0.717) is 6.42 Å². The Hall–Kier alpha value is -0.570. The monoisotopic (exact) mass is 243 g/mol. The molecule has 3 heteroatoms. The molecule has 0 aliphatic heterocycles. The van der Waals surface area contributed by atoms with Gasteiger partial charge >= 0.3 is 5.97 Å². The second-order valence-electron chi connectivity index (χ2n) is 4.83. The molecule has 0 aromatic heterocycles.